The maximum atomic E-state index is 11.2. The molecular weight excluding hydrogens is 348 g/mol. The van der Waals surface area contributed by atoms with Gasteiger partial charge in [0.15, 0.2) is 0 Å². The van der Waals surface area contributed by atoms with Gasteiger partial charge >= 0.3 is 0 Å². The molecule has 6 nitrogen and oxygen atoms in total. The van der Waals surface area contributed by atoms with E-state index >= 15 is 0 Å². The first-order valence-corrected chi connectivity index (χ1v) is 10.0. The fourth-order valence-electron chi connectivity index (χ4n) is 6.87. The normalized spacial score (nSPS) is 52.2. The highest BCUT2D eigenvalue weighted by molar-refractivity contribution is 5.42. The van der Waals surface area contributed by atoms with E-state index in [2.05, 4.69) is 0 Å². The first-order chi connectivity index (χ1) is 12.4. The molecule has 4 aliphatic rings. The molecule has 4 rings (SSSR count). The highest BCUT2D eigenvalue weighted by Crippen LogP contribution is 2.67. The number of rotatable bonds is 1. The van der Waals surface area contributed by atoms with Crippen molar-refractivity contribution in [3.05, 3.63) is 23.3 Å². The van der Waals surface area contributed by atoms with Crippen molar-refractivity contribution in [3.63, 3.8) is 0 Å². The van der Waals surface area contributed by atoms with Crippen LogP contribution in [0, 0.1) is 22.7 Å². The average Bonchev–Trinajstić information content (AvgIpc) is 2.88. The first-order valence-electron chi connectivity index (χ1n) is 10.0. The largest absolute Gasteiger partial charge is 0.390 e. The molecule has 0 bridgehead atoms. The third-order valence-corrected chi connectivity index (χ3v) is 8.83. The van der Waals surface area contributed by atoms with E-state index in [-0.39, 0.29) is 18.3 Å². The Labute approximate surface area is 159 Å². The molecule has 6 N–H and O–H groups in total. The van der Waals surface area contributed by atoms with E-state index in [1.165, 1.54) is 0 Å². The second-order valence-corrected chi connectivity index (χ2v) is 9.70. The molecule has 0 saturated heterocycles. The van der Waals surface area contributed by atoms with E-state index in [0.717, 1.165) is 17.6 Å². The highest BCUT2D eigenvalue weighted by Gasteiger charge is 2.68. The zero-order valence-corrected chi connectivity index (χ0v) is 16.3. The minimum absolute atomic E-state index is 0.0327. The molecule has 152 valence electrons. The predicted octanol–water partition coefficient (Wildman–Crippen LogP) is 0.604. The van der Waals surface area contributed by atoms with Crippen molar-refractivity contribution in [2.75, 3.05) is 0 Å². The van der Waals surface area contributed by atoms with Crippen LogP contribution in [0.25, 0.3) is 0 Å². The molecule has 0 aromatic carbocycles. The van der Waals surface area contributed by atoms with Crippen LogP contribution in [0.4, 0.5) is 0 Å². The van der Waals surface area contributed by atoms with E-state index in [9.17, 15) is 30.6 Å². The van der Waals surface area contributed by atoms with Gasteiger partial charge in [-0.3, -0.25) is 0 Å². The quantitative estimate of drug-likeness (QED) is 0.371. The van der Waals surface area contributed by atoms with Crippen molar-refractivity contribution in [1.82, 2.24) is 0 Å². The molecule has 0 aliphatic heterocycles. The van der Waals surface area contributed by atoms with Crippen LogP contribution in [-0.4, -0.2) is 60.3 Å². The summed E-state index contributed by atoms with van der Waals surface area (Å²) < 4.78 is 0. The van der Waals surface area contributed by atoms with Gasteiger partial charge in [0.05, 0.1) is 23.2 Å². The molecule has 3 fully saturated rings. The van der Waals surface area contributed by atoms with Gasteiger partial charge in [-0.25, -0.2) is 0 Å². The zero-order chi connectivity index (χ0) is 20.0. The molecule has 27 heavy (non-hydrogen) atoms. The maximum Gasteiger partial charge on any atom is 0.202 e. The zero-order valence-electron chi connectivity index (χ0n) is 16.3. The van der Waals surface area contributed by atoms with Gasteiger partial charge in [-0.05, 0) is 57.8 Å². The van der Waals surface area contributed by atoms with Crippen LogP contribution in [0.3, 0.4) is 0 Å². The van der Waals surface area contributed by atoms with Crippen molar-refractivity contribution < 1.29 is 30.6 Å². The molecule has 0 aromatic heterocycles. The molecule has 6 heteroatoms. The number of hydrogen-bond donors (Lipinski definition) is 6. The number of aliphatic hydroxyl groups is 6. The Kier molecular flexibility index (Phi) is 4.09. The Morgan fingerprint density at radius 1 is 1.00 bits per heavy atom. The lowest BCUT2D eigenvalue weighted by Gasteiger charge is -2.60. The fraction of sp³-hybridized carbons (Fsp3) is 0.810. The summed E-state index contributed by atoms with van der Waals surface area (Å²) >= 11 is 0. The molecule has 4 aliphatic carbocycles. The Hall–Kier alpha value is -0.760. The van der Waals surface area contributed by atoms with Crippen LogP contribution in [0.5, 0.6) is 0 Å². The summed E-state index contributed by atoms with van der Waals surface area (Å²) in [5, 5.41) is 63.7. The van der Waals surface area contributed by atoms with Crippen molar-refractivity contribution in [2.24, 2.45) is 22.7 Å². The molecular formula is C21H32O6. The SMILES string of the molecule is C[C@@H](O)[C@@]1(O)CC[C@H]2C3=CC=C4C[C@@H](O)C(O)C(O)(O)[C@]4(C)[C@H]3CC[C@@]21C. The third-order valence-electron chi connectivity index (χ3n) is 8.83. The summed E-state index contributed by atoms with van der Waals surface area (Å²) in [6.07, 6.45) is 2.90. The van der Waals surface area contributed by atoms with E-state index in [0.29, 0.717) is 19.3 Å². The summed E-state index contributed by atoms with van der Waals surface area (Å²) in [7, 11) is 0. The lowest BCUT2D eigenvalue weighted by atomic mass is 9.48. The molecule has 0 amide bonds. The lowest BCUT2D eigenvalue weighted by molar-refractivity contribution is -0.318. The Balaban J connectivity index is 1.80. The second-order valence-electron chi connectivity index (χ2n) is 9.70. The van der Waals surface area contributed by atoms with E-state index in [1.807, 2.05) is 19.1 Å². The molecule has 8 atom stereocenters. The van der Waals surface area contributed by atoms with Crippen molar-refractivity contribution in [3.8, 4) is 0 Å². The Morgan fingerprint density at radius 2 is 1.63 bits per heavy atom. The molecule has 0 radical (unpaired) electrons. The van der Waals surface area contributed by atoms with Gasteiger partial charge in [0, 0.05) is 5.41 Å². The molecule has 0 spiro atoms. The summed E-state index contributed by atoms with van der Waals surface area (Å²) in [5.41, 5.74) is -0.936. The molecule has 3 saturated carbocycles. The van der Waals surface area contributed by atoms with Crippen molar-refractivity contribution in [2.45, 2.75) is 82.6 Å². The maximum absolute atomic E-state index is 11.2. The van der Waals surface area contributed by atoms with Crippen LogP contribution < -0.4 is 0 Å². The van der Waals surface area contributed by atoms with Gasteiger partial charge in [-0.2, -0.15) is 0 Å². The van der Waals surface area contributed by atoms with Gasteiger partial charge in [-0.1, -0.05) is 30.2 Å². The van der Waals surface area contributed by atoms with Gasteiger partial charge in [0.1, 0.15) is 6.10 Å². The third kappa shape index (κ3) is 2.12. The van der Waals surface area contributed by atoms with E-state index in [1.54, 1.807) is 13.8 Å². The van der Waals surface area contributed by atoms with Gasteiger partial charge < -0.3 is 30.6 Å². The number of fused-ring (bicyclic) bond motifs is 5. The number of hydrogen-bond acceptors (Lipinski definition) is 6. The van der Waals surface area contributed by atoms with Crippen LogP contribution in [0.1, 0.15) is 52.9 Å². The average molecular weight is 380 g/mol. The fourth-order valence-corrected chi connectivity index (χ4v) is 6.87. The first kappa shape index (κ1) is 19.6. The van der Waals surface area contributed by atoms with Crippen molar-refractivity contribution >= 4 is 0 Å². The lowest BCUT2D eigenvalue weighted by Crippen LogP contribution is -2.67. The van der Waals surface area contributed by atoms with E-state index < -0.39 is 40.5 Å². The van der Waals surface area contributed by atoms with Crippen LogP contribution in [-0.2, 0) is 0 Å². The summed E-state index contributed by atoms with van der Waals surface area (Å²) in [5.74, 6) is -2.59. The minimum atomic E-state index is -2.44. The van der Waals surface area contributed by atoms with E-state index in [4.69, 9.17) is 0 Å². The highest BCUT2D eigenvalue weighted by atomic mass is 16.5. The van der Waals surface area contributed by atoms with Crippen molar-refractivity contribution in [1.29, 1.82) is 0 Å². The minimum Gasteiger partial charge on any atom is -0.390 e. The topological polar surface area (TPSA) is 121 Å². The summed E-state index contributed by atoms with van der Waals surface area (Å²) in [4.78, 5) is 0. The molecule has 0 aromatic rings. The Morgan fingerprint density at radius 3 is 2.26 bits per heavy atom. The molecule has 0 heterocycles. The number of aliphatic hydroxyl groups excluding tert-OH is 3. The standard InChI is InChI=1S/C21H32O6/c1-11(22)20(25)9-7-14-13-5-4-12-10-16(23)17(24)21(26,27)19(12,3)15(13)6-8-18(14,20)2/h4-5,11,14-17,22-27H,6-10H2,1-3H3/t11-,14+,15+,16-,17?,18+,19+,20+/m1/s1. The van der Waals surface area contributed by atoms with Gasteiger partial charge in [0.25, 0.3) is 0 Å². The summed E-state index contributed by atoms with van der Waals surface area (Å²) in [6.45, 7) is 5.43. The smallest absolute Gasteiger partial charge is 0.202 e. The number of allylic oxidation sites excluding steroid dienone is 3. The monoisotopic (exact) mass is 380 g/mol. The second kappa shape index (κ2) is 5.65. The van der Waals surface area contributed by atoms with Crippen LogP contribution in [0.15, 0.2) is 23.3 Å². The van der Waals surface area contributed by atoms with Crippen LogP contribution >= 0.6 is 0 Å². The van der Waals surface area contributed by atoms with Crippen LogP contribution in [0.2, 0.25) is 0 Å². The summed E-state index contributed by atoms with van der Waals surface area (Å²) in [6, 6.07) is 0. The Bertz CT molecular complexity index is 711. The molecule has 1 unspecified atom stereocenters. The predicted molar refractivity (Wildman–Crippen MR) is 98.3 cm³/mol. The van der Waals surface area contributed by atoms with Gasteiger partial charge in [0.2, 0.25) is 5.79 Å². The van der Waals surface area contributed by atoms with Gasteiger partial charge in [-0.15, -0.1) is 0 Å².